The summed E-state index contributed by atoms with van der Waals surface area (Å²) in [6.45, 7) is 3.89. The van der Waals surface area contributed by atoms with E-state index in [4.69, 9.17) is 0 Å². The van der Waals surface area contributed by atoms with Gasteiger partial charge in [0.1, 0.15) is 10.0 Å². The molecule has 2 aliphatic rings. The molecule has 5 heterocycles. The smallest absolute Gasteiger partial charge is 0.229 e. The van der Waals surface area contributed by atoms with Crippen molar-refractivity contribution in [1.82, 2.24) is 30.0 Å². The number of carbonyl (C=O) groups is 1. The minimum Gasteiger partial charge on any atom is -0.334 e. The summed E-state index contributed by atoms with van der Waals surface area (Å²) < 4.78 is 0. The molecule has 0 radical (unpaired) electrons. The number of rotatable bonds is 3. The van der Waals surface area contributed by atoms with Gasteiger partial charge in [-0.3, -0.25) is 14.8 Å². The van der Waals surface area contributed by atoms with E-state index in [2.05, 4.69) is 43.1 Å². The highest BCUT2D eigenvalue weighted by Gasteiger charge is 2.41. The molecule has 0 saturated carbocycles. The number of piperazine rings is 1. The van der Waals surface area contributed by atoms with E-state index in [9.17, 15) is 4.79 Å². The molecule has 2 unspecified atom stereocenters. The first-order valence-electron chi connectivity index (χ1n) is 9.62. The van der Waals surface area contributed by atoms with Crippen molar-refractivity contribution in [2.75, 3.05) is 20.1 Å². The van der Waals surface area contributed by atoms with Crippen LogP contribution in [0.3, 0.4) is 0 Å². The molecule has 0 spiro atoms. The summed E-state index contributed by atoms with van der Waals surface area (Å²) in [6.07, 6.45) is 6.12. The molecule has 0 aromatic carbocycles. The highest BCUT2D eigenvalue weighted by atomic mass is 32.1. The number of pyridine rings is 2. The molecule has 2 saturated heterocycles. The normalized spacial score (nSPS) is 22.1. The average Bonchev–Trinajstić information content (AvgIpc) is 3.22. The summed E-state index contributed by atoms with van der Waals surface area (Å²) in [5.41, 5.74) is 2.56. The number of carbonyl (C=O) groups excluding carboxylic acids is 1. The van der Waals surface area contributed by atoms with E-state index in [0.717, 1.165) is 58.1 Å². The summed E-state index contributed by atoms with van der Waals surface area (Å²) in [4.78, 5) is 26.4. The predicted molar refractivity (Wildman–Crippen MR) is 108 cm³/mol. The van der Waals surface area contributed by atoms with E-state index in [1.165, 1.54) is 0 Å². The summed E-state index contributed by atoms with van der Waals surface area (Å²) in [5.74, 6) is 0.191. The Kier molecular flexibility index (Phi) is 4.32. The third-order valence-corrected chi connectivity index (χ3v) is 6.57. The van der Waals surface area contributed by atoms with E-state index >= 15 is 0 Å². The lowest BCUT2D eigenvalue weighted by Gasteiger charge is -2.39. The van der Waals surface area contributed by atoms with Gasteiger partial charge in [-0.1, -0.05) is 11.3 Å². The minimum atomic E-state index is 0.191. The first-order valence-corrected chi connectivity index (χ1v) is 10.4. The number of fused-ring (bicyclic) bond motifs is 3. The maximum atomic E-state index is 13.0. The van der Waals surface area contributed by atoms with Crippen molar-refractivity contribution in [2.45, 2.75) is 38.3 Å². The molecule has 28 heavy (non-hydrogen) atoms. The van der Waals surface area contributed by atoms with Crippen LogP contribution in [0.15, 0.2) is 24.5 Å². The highest BCUT2D eigenvalue weighted by Crippen LogP contribution is 2.30. The lowest BCUT2D eigenvalue weighted by molar-refractivity contribution is -0.135. The molecule has 144 valence electrons. The van der Waals surface area contributed by atoms with Crippen LogP contribution in [-0.2, 0) is 11.2 Å². The Labute approximate surface area is 167 Å². The number of likely N-dealkylation sites (N-methyl/N-ethyl adjacent to an activating group) is 1. The molecule has 7 nitrogen and oxygen atoms in total. The molecule has 3 aromatic rings. The van der Waals surface area contributed by atoms with Crippen molar-refractivity contribution in [3.05, 3.63) is 35.2 Å². The molecule has 1 amide bonds. The molecular weight excluding hydrogens is 372 g/mol. The van der Waals surface area contributed by atoms with Crippen LogP contribution in [0.25, 0.3) is 21.5 Å². The Morgan fingerprint density at radius 1 is 1.14 bits per heavy atom. The lowest BCUT2D eigenvalue weighted by atomic mass is 10.1. The molecule has 5 rings (SSSR count). The van der Waals surface area contributed by atoms with Crippen LogP contribution in [0.4, 0.5) is 0 Å². The topological polar surface area (TPSA) is 75.1 Å². The van der Waals surface area contributed by atoms with E-state index in [-0.39, 0.29) is 5.91 Å². The number of nitrogens with zero attached hydrogens (tertiary/aromatic N) is 6. The van der Waals surface area contributed by atoms with Gasteiger partial charge >= 0.3 is 0 Å². The summed E-state index contributed by atoms with van der Waals surface area (Å²) in [7, 11) is 2.14. The second kappa shape index (κ2) is 6.86. The van der Waals surface area contributed by atoms with Crippen LogP contribution in [0.2, 0.25) is 0 Å². The monoisotopic (exact) mass is 394 g/mol. The predicted octanol–water partition coefficient (Wildman–Crippen LogP) is 2.30. The molecule has 2 aliphatic heterocycles. The zero-order chi connectivity index (χ0) is 19.3. The molecule has 0 aliphatic carbocycles. The van der Waals surface area contributed by atoms with E-state index in [1.807, 2.05) is 13.0 Å². The SMILES string of the molecule is Cc1nnc(-c2cnc3cnc(CC(=O)N4C5CCC4CN(C)C5)cc3c2)s1. The first-order chi connectivity index (χ1) is 13.6. The van der Waals surface area contributed by atoms with E-state index < -0.39 is 0 Å². The molecule has 8 heteroatoms. The van der Waals surface area contributed by atoms with Gasteiger partial charge in [-0.2, -0.15) is 0 Å². The van der Waals surface area contributed by atoms with Crippen LogP contribution >= 0.6 is 11.3 Å². The number of aryl methyl sites for hydroxylation is 1. The Balaban J connectivity index is 1.39. The van der Waals surface area contributed by atoms with Crippen molar-refractivity contribution in [1.29, 1.82) is 0 Å². The second-order valence-electron chi connectivity index (χ2n) is 7.80. The van der Waals surface area contributed by atoms with Crippen molar-refractivity contribution in [2.24, 2.45) is 0 Å². The van der Waals surface area contributed by atoms with Gasteiger partial charge in [0.2, 0.25) is 5.91 Å². The first kappa shape index (κ1) is 17.6. The molecule has 2 bridgehead atoms. The van der Waals surface area contributed by atoms with Crippen molar-refractivity contribution in [3.8, 4) is 10.6 Å². The van der Waals surface area contributed by atoms with E-state index in [0.29, 0.717) is 18.5 Å². The highest BCUT2D eigenvalue weighted by molar-refractivity contribution is 7.14. The van der Waals surface area contributed by atoms with Crippen LogP contribution in [0.5, 0.6) is 0 Å². The summed E-state index contributed by atoms with van der Waals surface area (Å²) >= 11 is 1.55. The molecule has 2 atom stereocenters. The van der Waals surface area contributed by atoms with Crippen molar-refractivity contribution < 1.29 is 4.79 Å². The minimum absolute atomic E-state index is 0.191. The van der Waals surface area contributed by atoms with Gasteiger partial charge in [0.05, 0.1) is 23.8 Å². The second-order valence-corrected chi connectivity index (χ2v) is 8.98. The fourth-order valence-corrected chi connectivity index (χ4v) is 5.14. The van der Waals surface area contributed by atoms with Gasteiger partial charge in [0.25, 0.3) is 0 Å². The van der Waals surface area contributed by atoms with Crippen molar-refractivity contribution in [3.63, 3.8) is 0 Å². The Morgan fingerprint density at radius 2 is 1.93 bits per heavy atom. The molecule has 0 N–H and O–H groups in total. The maximum Gasteiger partial charge on any atom is 0.229 e. The number of aromatic nitrogens is 4. The van der Waals surface area contributed by atoms with Crippen LogP contribution in [-0.4, -0.2) is 68.1 Å². The summed E-state index contributed by atoms with van der Waals surface area (Å²) in [5, 5.41) is 11.0. The van der Waals surface area contributed by atoms with E-state index in [1.54, 1.807) is 23.7 Å². The Morgan fingerprint density at radius 3 is 2.64 bits per heavy atom. The Hall–Kier alpha value is -2.45. The van der Waals surface area contributed by atoms with Crippen LogP contribution in [0, 0.1) is 6.92 Å². The third-order valence-electron chi connectivity index (χ3n) is 5.68. The number of hydrogen-bond donors (Lipinski definition) is 0. The Bertz CT molecular complexity index is 1040. The summed E-state index contributed by atoms with van der Waals surface area (Å²) in [6, 6.07) is 4.74. The maximum absolute atomic E-state index is 13.0. The lowest BCUT2D eigenvalue weighted by Crippen LogP contribution is -2.55. The third kappa shape index (κ3) is 3.16. The van der Waals surface area contributed by atoms with Gasteiger partial charge in [-0.25, -0.2) is 0 Å². The van der Waals surface area contributed by atoms with Crippen LogP contribution in [0.1, 0.15) is 23.5 Å². The quantitative estimate of drug-likeness (QED) is 0.679. The number of likely N-dealkylation sites (tertiary alicyclic amines) is 1. The molecule has 2 fully saturated rings. The van der Waals surface area contributed by atoms with Gasteiger partial charge in [-0.05, 0) is 38.9 Å². The van der Waals surface area contributed by atoms with Gasteiger partial charge in [0.15, 0.2) is 0 Å². The molecular formula is C20H22N6OS. The van der Waals surface area contributed by atoms with Crippen LogP contribution < -0.4 is 0 Å². The molecule has 3 aromatic heterocycles. The number of amides is 1. The number of hydrogen-bond acceptors (Lipinski definition) is 7. The standard InChI is InChI=1S/C20H22N6OS/c1-12-23-24-20(28-12)14-5-13-6-15(21-9-18(13)22-8-14)7-19(27)26-16-3-4-17(26)11-25(2)10-16/h5-6,8-9,16-17H,3-4,7,10-11H2,1-2H3. The fourth-order valence-electron chi connectivity index (χ4n) is 4.47. The van der Waals surface area contributed by atoms with Gasteiger partial charge < -0.3 is 9.80 Å². The van der Waals surface area contributed by atoms with Gasteiger partial charge in [-0.15, -0.1) is 10.2 Å². The fraction of sp³-hybridized carbons (Fsp3) is 0.450. The van der Waals surface area contributed by atoms with Crippen molar-refractivity contribution >= 4 is 28.1 Å². The largest absolute Gasteiger partial charge is 0.334 e. The average molecular weight is 395 g/mol. The zero-order valence-corrected chi connectivity index (χ0v) is 16.8. The zero-order valence-electron chi connectivity index (χ0n) is 16.0. The van der Waals surface area contributed by atoms with Gasteiger partial charge in [0, 0.05) is 42.3 Å².